The summed E-state index contributed by atoms with van der Waals surface area (Å²) in [6, 6.07) is 11.5. The molecular formula is C25H23F2N5O4. The van der Waals surface area contributed by atoms with Gasteiger partial charge in [0.2, 0.25) is 0 Å². The Morgan fingerprint density at radius 2 is 1.61 bits per heavy atom. The molecule has 186 valence electrons. The van der Waals surface area contributed by atoms with E-state index in [0.717, 1.165) is 17.7 Å². The smallest absolute Gasteiger partial charge is 0.410 e. The Hall–Kier alpha value is -4.41. The number of likely N-dealkylation sites (tertiary alicyclic amines) is 1. The Balaban J connectivity index is 1.31. The average Bonchev–Trinajstić information content (AvgIpc) is 2.88. The van der Waals surface area contributed by atoms with E-state index >= 15 is 0 Å². The van der Waals surface area contributed by atoms with Crippen LogP contribution in [0.3, 0.4) is 0 Å². The largest absolute Gasteiger partial charge is 0.445 e. The van der Waals surface area contributed by atoms with Crippen molar-refractivity contribution in [2.24, 2.45) is 0 Å². The fraction of sp³-hybridized carbons (Fsp3) is 0.240. The Bertz CT molecular complexity index is 1230. The number of nitrogens with one attached hydrogen (secondary N) is 2. The number of rotatable bonds is 6. The molecule has 1 saturated heterocycles. The Kier molecular flexibility index (Phi) is 7.79. The van der Waals surface area contributed by atoms with Crippen molar-refractivity contribution in [1.29, 1.82) is 0 Å². The lowest BCUT2D eigenvalue weighted by Gasteiger charge is -2.31. The first-order valence-corrected chi connectivity index (χ1v) is 11.2. The number of carbonyl (C=O) groups is 3. The van der Waals surface area contributed by atoms with Gasteiger partial charge in [0.25, 0.3) is 11.8 Å². The predicted molar refractivity (Wildman–Crippen MR) is 125 cm³/mol. The van der Waals surface area contributed by atoms with Crippen molar-refractivity contribution < 1.29 is 27.9 Å². The lowest BCUT2D eigenvalue weighted by Crippen LogP contribution is -2.47. The van der Waals surface area contributed by atoms with E-state index in [1.54, 1.807) is 4.90 Å². The lowest BCUT2D eigenvalue weighted by molar-refractivity contribution is 0.0807. The van der Waals surface area contributed by atoms with Crippen LogP contribution in [-0.4, -0.2) is 51.9 Å². The van der Waals surface area contributed by atoms with Crippen LogP contribution in [0, 0.1) is 11.6 Å². The number of ether oxygens (including phenoxy) is 1. The second kappa shape index (κ2) is 11.3. The number of anilines is 1. The van der Waals surface area contributed by atoms with Gasteiger partial charge in [-0.25, -0.2) is 23.5 Å². The number of halogens is 2. The van der Waals surface area contributed by atoms with E-state index < -0.39 is 29.5 Å². The van der Waals surface area contributed by atoms with E-state index in [1.165, 1.54) is 12.4 Å². The quantitative estimate of drug-likeness (QED) is 0.541. The number of piperidine rings is 1. The van der Waals surface area contributed by atoms with Gasteiger partial charge in [-0.2, -0.15) is 0 Å². The van der Waals surface area contributed by atoms with E-state index in [1.807, 2.05) is 30.3 Å². The SMILES string of the molecule is O=C(Nc1nccnc1C(=O)NC1CCN(C(=O)OCc2ccccc2)CC1)c1cc(F)cc(F)c1. The van der Waals surface area contributed by atoms with Crippen molar-refractivity contribution in [2.45, 2.75) is 25.5 Å². The number of aromatic nitrogens is 2. The van der Waals surface area contributed by atoms with E-state index in [0.29, 0.717) is 32.0 Å². The van der Waals surface area contributed by atoms with Crippen molar-refractivity contribution in [3.8, 4) is 0 Å². The van der Waals surface area contributed by atoms with Crippen LogP contribution in [0.4, 0.5) is 19.4 Å². The van der Waals surface area contributed by atoms with E-state index in [-0.39, 0.29) is 29.7 Å². The van der Waals surface area contributed by atoms with Crippen LogP contribution in [0.5, 0.6) is 0 Å². The number of carbonyl (C=O) groups excluding carboxylic acids is 3. The molecule has 0 saturated carbocycles. The maximum Gasteiger partial charge on any atom is 0.410 e. The van der Waals surface area contributed by atoms with Crippen molar-refractivity contribution in [1.82, 2.24) is 20.2 Å². The van der Waals surface area contributed by atoms with Crippen LogP contribution in [0.15, 0.2) is 60.9 Å². The molecule has 0 atom stereocenters. The monoisotopic (exact) mass is 495 g/mol. The maximum absolute atomic E-state index is 13.4. The molecule has 0 unspecified atom stereocenters. The predicted octanol–water partition coefficient (Wildman–Crippen LogP) is 3.54. The molecule has 4 rings (SSSR count). The zero-order valence-corrected chi connectivity index (χ0v) is 19.1. The van der Waals surface area contributed by atoms with Crippen LogP contribution >= 0.6 is 0 Å². The highest BCUT2D eigenvalue weighted by Crippen LogP contribution is 2.16. The van der Waals surface area contributed by atoms with Gasteiger partial charge in [-0.15, -0.1) is 0 Å². The summed E-state index contributed by atoms with van der Waals surface area (Å²) in [5.41, 5.74) is 0.478. The molecule has 1 aromatic heterocycles. The normalized spacial score (nSPS) is 13.7. The topological polar surface area (TPSA) is 114 Å². The minimum atomic E-state index is -0.910. The molecule has 2 heterocycles. The Morgan fingerprint density at radius 3 is 2.31 bits per heavy atom. The van der Waals surface area contributed by atoms with E-state index in [2.05, 4.69) is 20.6 Å². The maximum atomic E-state index is 13.4. The number of hydrogen-bond acceptors (Lipinski definition) is 6. The zero-order chi connectivity index (χ0) is 25.5. The summed E-state index contributed by atoms with van der Waals surface area (Å²) in [6.45, 7) is 0.974. The van der Waals surface area contributed by atoms with Crippen LogP contribution in [0.2, 0.25) is 0 Å². The standard InChI is InChI=1S/C25H23F2N5O4/c26-18-12-17(13-19(27)14-18)23(33)31-22-21(28-8-9-29-22)24(34)30-20-6-10-32(11-7-20)25(35)36-15-16-4-2-1-3-5-16/h1-5,8-9,12-14,20H,6-7,10-11,15H2,(H,30,34)(H,29,31,33). The second-order valence-corrected chi connectivity index (χ2v) is 8.14. The molecule has 0 spiro atoms. The minimum absolute atomic E-state index is 0.146. The summed E-state index contributed by atoms with van der Waals surface area (Å²) >= 11 is 0. The van der Waals surface area contributed by atoms with E-state index in [9.17, 15) is 23.2 Å². The fourth-order valence-electron chi connectivity index (χ4n) is 3.73. The molecule has 3 amide bonds. The molecule has 0 bridgehead atoms. The van der Waals surface area contributed by atoms with Crippen LogP contribution in [-0.2, 0) is 11.3 Å². The molecule has 9 nitrogen and oxygen atoms in total. The molecule has 3 aromatic rings. The summed E-state index contributed by atoms with van der Waals surface area (Å²) in [5.74, 6) is -3.38. The number of nitrogens with zero attached hydrogens (tertiary/aromatic N) is 3. The summed E-state index contributed by atoms with van der Waals surface area (Å²) in [5, 5.41) is 5.21. The van der Waals surface area contributed by atoms with Gasteiger partial charge in [0.05, 0.1) is 0 Å². The molecule has 0 aliphatic carbocycles. The molecule has 36 heavy (non-hydrogen) atoms. The summed E-state index contributed by atoms with van der Waals surface area (Å²) in [4.78, 5) is 47.2. The highest BCUT2D eigenvalue weighted by molar-refractivity contribution is 6.07. The van der Waals surface area contributed by atoms with Crippen LogP contribution < -0.4 is 10.6 Å². The highest BCUT2D eigenvalue weighted by atomic mass is 19.1. The van der Waals surface area contributed by atoms with Crippen LogP contribution in [0.1, 0.15) is 39.3 Å². The molecule has 11 heteroatoms. The van der Waals surface area contributed by atoms with Crippen LogP contribution in [0.25, 0.3) is 0 Å². The first-order chi connectivity index (χ1) is 17.4. The Morgan fingerprint density at radius 1 is 0.944 bits per heavy atom. The zero-order valence-electron chi connectivity index (χ0n) is 19.1. The van der Waals surface area contributed by atoms with Gasteiger partial charge in [0.1, 0.15) is 18.2 Å². The molecule has 0 radical (unpaired) electrons. The van der Waals surface area contributed by atoms with Gasteiger partial charge in [0.15, 0.2) is 11.5 Å². The number of amides is 3. The van der Waals surface area contributed by atoms with Crippen molar-refractivity contribution in [3.63, 3.8) is 0 Å². The first kappa shape index (κ1) is 24.7. The molecule has 2 aromatic carbocycles. The van der Waals surface area contributed by atoms with Gasteiger partial charge >= 0.3 is 6.09 Å². The van der Waals surface area contributed by atoms with Crippen molar-refractivity contribution >= 4 is 23.7 Å². The minimum Gasteiger partial charge on any atom is -0.445 e. The molecular weight excluding hydrogens is 472 g/mol. The van der Waals surface area contributed by atoms with Gasteiger partial charge in [-0.05, 0) is 30.5 Å². The van der Waals surface area contributed by atoms with Crippen molar-refractivity contribution in [3.05, 3.63) is 89.4 Å². The third kappa shape index (κ3) is 6.38. The fourth-order valence-corrected chi connectivity index (χ4v) is 3.73. The summed E-state index contributed by atoms with van der Waals surface area (Å²) in [6.07, 6.45) is 3.14. The molecule has 2 N–H and O–H groups in total. The van der Waals surface area contributed by atoms with E-state index in [4.69, 9.17) is 4.74 Å². The lowest BCUT2D eigenvalue weighted by atomic mass is 10.1. The van der Waals surface area contributed by atoms with Gasteiger partial charge in [-0.3, -0.25) is 9.59 Å². The number of benzene rings is 2. The van der Waals surface area contributed by atoms with Gasteiger partial charge in [-0.1, -0.05) is 30.3 Å². The summed E-state index contributed by atoms with van der Waals surface area (Å²) in [7, 11) is 0. The highest BCUT2D eigenvalue weighted by Gasteiger charge is 2.26. The van der Waals surface area contributed by atoms with Gasteiger partial charge in [0, 0.05) is 43.2 Å². The third-order valence-electron chi connectivity index (χ3n) is 5.56. The Labute approximate surface area is 205 Å². The molecule has 1 aliphatic heterocycles. The second-order valence-electron chi connectivity index (χ2n) is 8.14. The van der Waals surface area contributed by atoms with Crippen molar-refractivity contribution in [2.75, 3.05) is 18.4 Å². The average molecular weight is 495 g/mol. The summed E-state index contributed by atoms with van der Waals surface area (Å²) < 4.78 is 32.2. The van der Waals surface area contributed by atoms with Gasteiger partial charge < -0.3 is 20.3 Å². The molecule has 1 aliphatic rings. The first-order valence-electron chi connectivity index (χ1n) is 11.2. The molecule has 1 fully saturated rings. The third-order valence-corrected chi connectivity index (χ3v) is 5.56. The number of hydrogen-bond donors (Lipinski definition) is 2.